The average Bonchev–Trinajstić information content (AvgIpc) is 2.83. The Labute approximate surface area is 129 Å². The zero-order chi connectivity index (χ0) is 15.5. The minimum atomic E-state index is -0.550. The molecule has 0 radical (unpaired) electrons. The van der Waals surface area contributed by atoms with E-state index in [9.17, 15) is 5.11 Å². The van der Waals surface area contributed by atoms with E-state index in [1.807, 2.05) is 0 Å². The van der Waals surface area contributed by atoms with Gasteiger partial charge in [-0.1, -0.05) is 20.8 Å². The summed E-state index contributed by atoms with van der Waals surface area (Å²) in [4.78, 5) is 2.48. The largest absolute Gasteiger partial charge is 0.389 e. The number of aliphatic hydroxyl groups is 1. The number of nitrogens with zero attached hydrogens (tertiary/aromatic N) is 3. The van der Waals surface area contributed by atoms with Crippen molar-refractivity contribution in [3.8, 4) is 0 Å². The van der Waals surface area contributed by atoms with Crippen LogP contribution in [0.1, 0.15) is 51.9 Å². The minimum Gasteiger partial charge on any atom is -0.389 e. The third-order valence-corrected chi connectivity index (χ3v) is 4.50. The highest BCUT2D eigenvalue weighted by atomic mass is 16.3. The van der Waals surface area contributed by atoms with Crippen molar-refractivity contribution >= 4 is 0 Å². The van der Waals surface area contributed by atoms with Gasteiger partial charge in [-0.05, 0) is 38.2 Å². The van der Waals surface area contributed by atoms with Gasteiger partial charge in [-0.25, -0.2) is 0 Å². The van der Waals surface area contributed by atoms with Gasteiger partial charge in [0.15, 0.2) is 0 Å². The molecule has 0 spiro atoms. The van der Waals surface area contributed by atoms with Crippen LogP contribution in [0.15, 0.2) is 6.07 Å². The molecule has 0 aliphatic carbocycles. The van der Waals surface area contributed by atoms with Crippen LogP contribution in [0.25, 0.3) is 0 Å². The Kier molecular flexibility index (Phi) is 5.44. The molecule has 0 amide bonds. The fraction of sp³-hybridized carbons (Fsp3) is 0.824. The van der Waals surface area contributed by atoms with E-state index in [0.717, 1.165) is 57.6 Å². The van der Waals surface area contributed by atoms with Crippen molar-refractivity contribution in [1.82, 2.24) is 14.7 Å². The lowest BCUT2D eigenvalue weighted by Crippen LogP contribution is -2.46. The maximum atomic E-state index is 10.9. The van der Waals surface area contributed by atoms with E-state index in [-0.39, 0.29) is 0 Å². The quantitative estimate of drug-likeness (QED) is 0.876. The molecule has 1 fully saturated rings. The number of aryl methyl sites for hydroxylation is 2. The maximum absolute atomic E-state index is 10.9. The Bertz CT molecular complexity index is 445. The molecule has 1 aliphatic rings. The summed E-state index contributed by atoms with van der Waals surface area (Å²) in [5.41, 5.74) is 1.77. The summed E-state index contributed by atoms with van der Waals surface area (Å²) < 4.78 is 2.05. The van der Waals surface area contributed by atoms with Crippen LogP contribution in [0.4, 0.5) is 0 Å². The Hall–Kier alpha value is -0.870. The van der Waals surface area contributed by atoms with Crippen molar-refractivity contribution in [2.24, 2.45) is 5.92 Å². The van der Waals surface area contributed by atoms with E-state index in [4.69, 9.17) is 0 Å². The van der Waals surface area contributed by atoms with Gasteiger partial charge in [0.2, 0.25) is 0 Å². The summed E-state index contributed by atoms with van der Waals surface area (Å²) in [5.74, 6) is 0.699. The van der Waals surface area contributed by atoms with Gasteiger partial charge < -0.3 is 10.0 Å². The predicted octanol–water partition coefficient (Wildman–Crippen LogP) is 2.49. The summed E-state index contributed by atoms with van der Waals surface area (Å²) >= 11 is 0. The smallest absolute Gasteiger partial charge is 0.0727 e. The van der Waals surface area contributed by atoms with Crippen LogP contribution in [0.2, 0.25) is 0 Å². The molecule has 0 atom stereocenters. The van der Waals surface area contributed by atoms with E-state index in [2.05, 4.69) is 48.4 Å². The number of aromatic nitrogens is 2. The van der Waals surface area contributed by atoms with Gasteiger partial charge in [0.05, 0.1) is 11.3 Å². The third-order valence-electron chi connectivity index (χ3n) is 4.50. The van der Waals surface area contributed by atoms with Crippen molar-refractivity contribution in [3.63, 3.8) is 0 Å². The molecule has 4 heteroatoms. The topological polar surface area (TPSA) is 41.3 Å². The fourth-order valence-electron chi connectivity index (χ4n) is 3.29. The van der Waals surface area contributed by atoms with E-state index >= 15 is 0 Å². The molecule has 1 aliphatic heterocycles. The fourth-order valence-corrected chi connectivity index (χ4v) is 3.29. The van der Waals surface area contributed by atoms with Crippen molar-refractivity contribution in [1.29, 1.82) is 0 Å². The lowest BCUT2D eigenvalue weighted by atomic mass is 9.86. The molecule has 0 saturated carbocycles. The van der Waals surface area contributed by atoms with Crippen LogP contribution >= 0.6 is 0 Å². The highest BCUT2D eigenvalue weighted by Crippen LogP contribution is 2.27. The molecular weight excluding hydrogens is 262 g/mol. The van der Waals surface area contributed by atoms with Crippen molar-refractivity contribution in [3.05, 3.63) is 17.5 Å². The molecule has 1 aromatic heterocycles. The zero-order valence-electron chi connectivity index (χ0n) is 14.1. The van der Waals surface area contributed by atoms with Crippen LogP contribution in [0, 0.1) is 5.92 Å². The SMILES string of the molecule is CCc1cc(CC2(O)CCN(CC(C)C)CC2)n(CC)n1. The van der Waals surface area contributed by atoms with E-state index in [0.29, 0.717) is 5.92 Å². The first-order valence-electron chi connectivity index (χ1n) is 8.46. The average molecular weight is 293 g/mol. The van der Waals surface area contributed by atoms with E-state index in [1.54, 1.807) is 0 Å². The van der Waals surface area contributed by atoms with Crippen LogP contribution in [-0.4, -0.2) is 45.0 Å². The van der Waals surface area contributed by atoms with Gasteiger partial charge in [-0.3, -0.25) is 4.68 Å². The van der Waals surface area contributed by atoms with Gasteiger partial charge >= 0.3 is 0 Å². The molecule has 0 aromatic carbocycles. The first-order chi connectivity index (χ1) is 9.95. The van der Waals surface area contributed by atoms with Gasteiger partial charge in [0.25, 0.3) is 0 Å². The van der Waals surface area contributed by atoms with Crippen molar-refractivity contribution in [2.45, 2.75) is 65.5 Å². The summed E-state index contributed by atoms with van der Waals surface area (Å²) in [6.45, 7) is 12.8. The number of likely N-dealkylation sites (tertiary alicyclic amines) is 1. The zero-order valence-corrected chi connectivity index (χ0v) is 14.1. The molecular formula is C17H31N3O. The molecule has 0 bridgehead atoms. The highest BCUT2D eigenvalue weighted by Gasteiger charge is 2.33. The first-order valence-corrected chi connectivity index (χ1v) is 8.46. The number of hydrogen-bond donors (Lipinski definition) is 1. The molecule has 2 rings (SSSR count). The van der Waals surface area contributed by atoms with Crippen LogP contribution < -0.4 is 0 Å². The van der Waals surface area contributed by atoms with Gasteiger partial charge in [0.1, 0.15) is 0 Å². The van der Waals surface area contributed by atoms with Gasteiger partial charge in [0, 0.05) is 38.3 Å². The number of hydrogen-bond acceptors (Lipinski definition) is 3. The molecule has 0 unspecified atom stereocenters. The molecule has 1 aromatic rings. The Morgan fingerprint density at radius 2 is 1.95 bits per heavy atom. The summed E-state index contributed by atoms with van der Waals surface area (Å²) in [5, 5.41) is 15.5. The van der Waals surface area contributed by atoms with Gasteiger partial charge in [-0.15, -0.1) is 0 Å². The Balaban J connectivity index is 1.98. The molecule has 2 heterocycles. The Morgan fingerprint density at radius 3 is 2.48 bits per heavy atom. The summed E-state index contributed by atoms with van der Waals surface area (Å²) in [7, 11) is 0. The predicted molar refractivity (Wildman–Crippen MR) is 86.4 cm³/mol. The number of rotatable bonds is 6. The van der Waals surface area contributed by atoms with E-state index in [1.165, 1.54) is 5.69 Å². The second-order valence-electron chi connectivity index (χ2n) is 6.89. The van der Waals surface area contributed by atoms with Crippen LogP contribution in [0.5, 0.6) is 0 Å². The standard InChI is InChI=1S/C17H31N3O/c1-5-15-11-16(20(6-2)18-15)12-17(21)7-9-19(10-8-17)13-14(3)4/h11,14,21H,5-10,12-13H2,1-4H3. The molecule has 1 saturated heterocycles. The summed E-state index contributed by atoms with van der Waals surface area (Å²) in [6, 6.07) is 2.17. The van der Waals surface area contributed by atoms with Crippen LogP contribution in [0.3, 0.4) is 0 Å². The molecule has 4 nitrogen and oxygen atoms in total. The van der Waals surface area contributed by atoms with Crippen molar-refractivity contribution in [2.75, 3.05) is 19.6 Å². The van der Waals surface area contributed by atoms with E-state index < -0.39 is 5.60 Å². The third kappa shape index (κ3) is 4.30. The Morgan fingerprint density at radius 1 is 1.29 bits per heavy atom. The minimum absolute atomic E-state index is 0.550. The highest BCUT2D eigenvalue weighted by molar-refractivity contribution is 5.13. The van der Waals surface area contributed by atoms with Crippen LogP contribution in [-0.2, 0) is 19.4 Å². The number of piperidine rings is 1. The maximum Gasteiger partial charge on any atom is 0.0727 e. The second-order valence-corrected chi connectivity index (χ2v) is 6.89. The lowest BCUT2D eigenvalue weighted by Gasteiger charge is -2.39. The molecule has 120 valence electrons. The monoisotopic (exact) mass is 293 g/mol. The summed E-state index contributed by atoms with van der Waals surface area (Å²) in [6.07, 6.45) is 3.44. The normalized spacial score (nSPS) is 19.3. The first kappa shape index (κ1) is 16.5. The second kappa shape index (κ2) is 6.93. The lowest BCUT2D eigenvalue weighted by molar-refractivity contribution is -0.0240. The molecule has 21 heavy (non-hydrogen) atoms. The van der Waals surface area contributed by atoms with Gasteiger partial charge in [-0.2, -0.15) is 5.10 Å². The molecule has 1 N–H and O–H groups in total. The van der Waals surface area contributed by atoms with Crippen molar-refractivity contribution < 1.29 is 5.11 Å².